The second-order valence-electron chi connectivity index (χ2n) is 5.44. The first-order chi connectivity index (χ1) is 9.13. The van der Waals surface area contributed by atoms with Crippen LogP contribution in [0.4, 0.5) is 5.69 Å². The molecule has 1 fully saturated rings. The number of benzene rings is 1. The van der Waals surface area contributed by atoms with Crippen LogP contribution in [0.25, 0.3) is 0 Å². The van der Waals surface area contributed by atoms with Crippen molar-refractivity contribution in [2.45, 2.75) is 26.2 Å². The Kier molecular flexibility index (Phi) is 6.75. The number of aryl methyl sites for hydroxylation is 1. The second-order valence-corrected chi connectivity index (χ2v) is 5.44. The molecule has 0 atom stereocenters. The highest BCUT2D eigenvalue weighted by molar-refractivity contribution is 14.0. The number of nitrogens with one attached hydrogen (secondary N) is 1. The highest BCUT2D eigenvalue weighted by Crippen LogP contribution is 2.48. The summed E-state index contributed by atoms with van der Waals surface area (Å²) in [5, 5.41) is 3.12. The summed E-state index contributed by atoms with van der Waals surface area (Å²) in [7, 11) is 1.74. The van der Waals surface area contributed by atoms with Crippen molar-refractivity contribution in [1.82, 2.24) is 0 Å². The van der Waals surface area contributed by atoms with Crippen molar-refractivity contribution in [3.8, 4) is 0 Å². The summed E-state index contributed by atoms with van der Waals surface area (Å²) in [5.41, 5.74) is 8.47. The Bertz CT molecular complexity index is 441. The number of rotatable bonds is 6. The third kappa shape index (κ3) is 5.28. The number of guanidine groups is 1. The van der Waals surface area contributed by atoms with E-state index in [9.17, 15) is 0 Å². The van der Waals surface area contributed by atoms with Gasteiger partial charge in [0.05, 0.1) is 0 Å². The molecule has 0 heterocycles. The first-order valence-corrected chi connectivity index (χ1v) is 6.76. The van der Waals surface area contributed by atoms with Crippen LogP contribution in [0, 0.1) is 12.3 Å². The minimum atomic E-state index is 0. The first kappa shape index (κ1) is 17.2. The van der Waals surface area contributed by atoms with Gasteiger partial charge < -0.3 is 15.8 Å². The Balaban J connectivity index is 0.00000200. The Morgan fingerprint density at radius 1 is 1.35 bits per heavy atom. The van der Waals surface area contributed by atoms with Crippen LogP contribution in [0.5, 0.6) is 0 Å². The molecule has 0 saturated heterocycles. The molecule has 1 saturated carbocycles. The molecule has 0 radical (unpaired) electrons. The molecule has 0 spiro atoms. The van der Waals surface area contributed by atoms with Gasteiger partial charge in [0.1, 0.15) is 0 Å². The Morgan fingerprint density at radius 3 is 2.55 bits per heavy atom. The van der Waals surface area contributed by atoms with Crippen LogP contribution < -0.4 is 11.1 Å². The van der Waals surface area contributed by atoms with Crippen molar-refractivity contribution in [1.29, 1.82) is 0 Å². The summed E-state index contributed by atoms with van der Waals surface area (Å²) >= 11 is 0. The molecule has 1 aromatic carbocycles. The number of ether oxygens (including phenoxy) is 1. The number of hydrogen-bond donors (Lipinski definition) is 2. The van der Waals surface area contributed by atoms with Crippen LogP contribution in [0.2, 0.25) is 0 Å². The fourth-order valence-corrected chi connectivity index (χ4v) is 2.06. The van der Waals surface area contributed by atoms with Gasteiger partial charge in [-0.1, -0.05) is 17.7 Å². The van der Waals surface area contributed by atoms with Crippen LogP contribution in [0.15, 0.2) is 29.3 Å². The second kappa shape index (κ2) is 7.83. The van der Waals surface area contributed by atoms with E-state index >= 15 is 0 Å². The monoisotopic (exact) mass is 389 g/mol. The van der Waals surface area contributed by atoms with E-state index in [2.05, 4.69) is 29.4 Å². The van der Waals surface area contributed by atoms with Gasteiger partial charge in [-0.15, -0.1) is 24.0 Å². The maximum absolute atomic E-state index is 5.92. The van der Waals surface area contributed by atoms with Gasteiger partial charge in [0.15, 0.2) is 5.96 Å². The van der Waals surface area contributed by atoms with Crippen LogP contribution in [0.1, 0.15) is 24.8 Å². The molecule has 0 amide bonds. The van der Waals surface area contributed by atoms with E-state index in [-0.39, 0.29) is 24.0 Å². The zero-order valence-electron chi connectivity index (χ0n) is 12.2. The third-order valence-electron chi connectivity index (χ3n) is 3.70. The summed E-state index contributed by atoms with van der Waals surface area (Å²) in [6.45, 7) is 3.66. The largest absolute Gasteiger partial charge is 0.385 e. The normalized spacial score (nSPS) is 16.4. The summed E-state index contributed by atoms with van der Waals surface area (Å²) in [6.07, 6.45) is 3.54. The van der Waals surface area contributed by atoms with E-state index in [4.69, 9.17) is 10.5 Å². The SMILES string of the molecule is COCCC1(CN=C(N)Nc2ccc(C)cc2)CC1.I. The molecule has 3 N–H and O–H groups in total. The van der Waals surface area contributed by atoms with Crippen LogP contribution in [0.3, 0.4) is 0 Å². The minimum Gasteiger partial charge on any atom is -0.385 e. The van der Waals surface area contributed by atoms with Crippen LogP contribution >= 0.6 is 24.0 Å². The summed E-state index contributed by atoms with van der Waals surface area (Å²) < 4.78 is 5.14. The standard InChI is InChI=1S/C15H23N3O.HI/c1-12-3-5-13(6-4-12)18-14(16)17-11-15(7-8-15)9-10-19-2;/h3-6H,7-11H2,1-2H3,(H3,16,17,18);1H. The highest BCUT2D eigenvalue weighted by Gasteiger charge is 2.41. The van der Waals surface area contributed by atoms with Gasteiger partial charge in [-0.3, -0.25) is 4.99 Å². The smallest absolute Gasteiger partial charge is 0.193 e. The van der Waals surface area contributed by atoms with Crippen molar-refractivity contribution in [3.05, 3.63) is 29.8 Å². The molecule has 0 aromatic heterocycles. The fraction of sp³-hybridized carbons (Fsp3) is 0.533. The summed E-state index contributed by atoms with van der Waals surface area (Å²) in [4.78, 5) is 4.46. The molecule has 0 aliphatic heterocycles. The first-order valence-electron chi connectivity index (χ1n) is 6.76. The molecule has 0 unspecified atom stereocenters. The van der Waals surface area contributed by atoms with Crippen LogP contribution in [-0.2, 0) is 4.74 Å². The van der Waals surface area contributed by atoms with E-state index in [1.165, 1.54) is 18.4 Å². The number of anilines is 1. The predicted octanol–water partition coefficient (Wildman–Crippen LogP) is 3.16. The molecule has 1 aliphatic carbocycles. The summed E-state index contributed by atoms with van der Waals surface area (Å²) in [6, 6.07) is 8.12. The lowest BCUT2D eigenvalue weighted by Crippen LogP contribution is -2.24. The van der Waals surface area contributed by atoms with Gasteiger partial charge in [0.2, 0.25) is 0 Å². The van der Waals surface area contributed by atoms with E-state index in [1.54, 1.807) is 7.11 Å². The molecule has 112 valence electrons. The molecule has 2 rings (SSSR count). The molecule has 1 aromatic rings. The number of hydrogen-bond acceptors (Lipinski definition) is 2. The van der Waals surface area contributed by atoms with Gasteiger partial charge in [0.25, 0.3) is 0 Å². The maximum Gasteiger partial charge on any atom is 0.193 e. The average Bonchev–Trinajstić information content (AvgIpc) is 3.18. The van der Waals surface area contributed by atoms with Crippen molar-refractivity contribution in [3.63, 3.8) is 0 Å². The topological polar surface area (TPSA) is 59.6 Å². The van der Waals surface area contributed by atoms with Gasteiger partial charge in [-0.05, 0) is 43.7 Å². The Morgan fingerprint density at radius 2 is 2.00 bits per heavy atom. The molecule has 0 bridgehead atoms. The fourth-order valence-electron chi connectivity index (χ4n) is 2.06. The van der Waals surface area contributed by atoms with Crippen molar-refractivity contribution >= 4 is 35.6 Å². The van der Waals surface area contributed by atoms with Crippen molar-refractivity contribution in [2.24, 2.45) is 16.1 Å². The lowest BCUT2D eigenvalue weighted by molar-refractivity contribution is 0.174. The molecular formula is C15H24IN3O. The van der Waals surface area contributed by atoms with Gasteiger partial charge in [-0.2, -0.15) is 0 Å². The van der Waals surface area contributed by atoms with E-state index in [0.29, 0.717) is 11.4 Å². The van der Waals surface area contributed by atoms with Gasteiger partial charge in [0, 0.05) is 25.9 Å². The molecule has 1 aliphatic rings. The number of nitrogens with zero attached hydrogens (tertiary/aromatic N) is 1. The number of aliphatic imine (C=N–C) groups is 1. The molecule has 5 heteroatoms. The van der Waals surface area contributed by atoms with Crippen LogP contribution in [-0.4, -0.2) is 26.2 Å². The van der Waals surface area contributed by atoms with E-state index in [1.807, 2.05) is 12.1 Å². The predicted molar refractivity (Wildman–Crippen MR) is 94.9 cm³/mol. The Hall–Kier alpha value is -0.820. The molecular weight excluding hydrogens is 365 g/mol. The Labute approximate surface area is 138 Å². The zero-order chi connectivity index (χ0) is 13.7. The number of nitrogens with two attached hydrogens (primary N) is 1. The molecule has 4 nitrogen and oxygen atoms in total. The summed E-state index contributed by atoms with van der Waals surface area (Å²) in [5.74, 6) is 0.493. The number of halogens is 1. The zero-order valence-corrected chi connectivity index (χ0v) is 14.5. The lowest BCUT2D eigenvalue weighted by Gasteiger charge is -2.12. The van der Waals surface area contributed by atoms with Gasteiger partial charge >= 0.3 is 0 Å². The average molecular weight is 389 g/mol. The minimum absolute atomic E-state index is 0. The van der Waals surface area contributed by atoms with Crippen molar-refractivity contribution < 1.29 is 4.74 Å². The van der Waals surface area contributed by atoms with E-state index < -0.39 is 0 Å². The van der Waals surface area contributed by atoms with E-state index in [0.717, 1.165) is 25.3 Å². The highest BCUT2D eigenvalue weighted by atomic mass is 127. The lowest BCUT2D eigenvalue weighted by atomic mass is 10.0. The van der Waals surface area contributed by atoms with Gasteiger partial charge in [-0.25, -0.2) is 0 Å². The quantitative estimate of drug-likeness (QED) is 0.447. The van der Waals surface area contributed by atoms with Crippen molar-refractivity contribution in [2.75, 3.05) is 25.6 Å². The number of methoxy groups -OCH3 is 1. The third-order valence-corrected chi connectivity index (χ3v) is 3.70. The molecule has 20 heavy (non-hydrogen) atoms. The maximum atomic E-state index is 5.92.